The van der Waals surface area contributed by atoms with Crippen molar-refractivity contribution in [3.63, 3.8) is 0 Å². The molecule has 0 spiro atoms. The second kappa shape index (κ2) is 9.52. The zero-order chi connectivity index (χ0) is 22.5. The van der Waals surface area contributed by atoms with E-state index in [1.54, 1.807) is 12.1 Å². The Hall–Kier alpha value is -3.86. The second-order valence-electron chi connectivity index (χ2n) is 7.69. The molecule has 5 heteroatoms. The number of hydrogen-bond donors (Lipinski definition) is 0. The van der Waals surface area contributed by atoms with Crippen LogP contribution in [0.2, 0.25) is 0 Å². The van der Waals surface area contributed by atoms with Crippen LogP contribution < -0.4 is 9.64 Å². The van der Waals surface area contributed by atoms with E-state index in [4.69, 9.17) is 4.74 Å². The predicted molar refractivity (Wildman–Crippen MR) is 126 cm³/mol. The van der Waals surface area contributed by atoms with Crippen molar-refractivity contribution in [3.8, 4) is 5.75 Å². The predicted octanol–water partition coefficient (Wildman–Crippen LogP) is 4.89. The number of amides is 2. The Bertz CT molecular complexity index is 1140. The van der Waals surface area contributed by atoms with Crippen LogP contribution in [-0.2, 0) is 16.1 Å². The lowest BCUT2D eigenvalue weighted by atomic mass is 10.0. The average molecular weight is 427 g/mol. The molecule has 3 aromatic rings. The molecule has 1 aliphatic rings. The number of hydrogen-bond acceptors (Lipinski definition) is 4. The first-order valence-corrected chi connectivity index (χ1v) is 10.8. The van der Waals surface area contributed by atoms with E-state index < -0.39 is 0 Å². The van der Waals surface area contributed by atoms with Gasteiger partial charge in [0.05, 0.1) is 17.9 Å². The Kier molecular flexibility index (Phi) is 6.36. The summed E-state index contributed by atoms with van der Waals surface area (Å²) in [6, 6.07) is 26.4. The van der Waals surface area contributed by atoms with Gasteiger partial charge in [0.25, 0.3) is 11.8 Å². The lowest BCUT2D eigenvalue weighted by Crippen LogP contribution is -2.34. The van der Waals surface area contributed by atoms with Crippen LogP contribution in [0.1, 0.15) is 24.5 Å². The Labute approximate surface area is 188 Å². The van der Waals surface area contributed by atoms with Gasteiger partial charge in [0.1, 0.15) is 11.4 Å². The van der Waals surface area contributed by atoms with E-state index in [9.17, 15) is 9.59 Å². The van der Waals surface area contributed by atoms with Gasteiger partial charge in [-0.3, -0.25) is 9.59 Å². The highest BCUT2D eigenvalue weighted by Crippen LogP contribution is 2.38. The van der Waals surface area contributed by atoms with Crippen molar-refractivity contribution in [1.29, 1.82) is 0 Å². The molecular weight excluding hydrogens is 400 g/mol. The number of anilines is 1. The highest BCUT2D eigenvalue weighted by Gasteiger charge is 2.42. The van der Waals surface area contributed by atoms with E-state index in [0.29, 0.717) is 35.9 Å². The molecule has 162 valence electrons. The highest BCUT2D eigenvalue weighted by molar-refractivity contribution is 6.45. The maximum Gasteiger partial charge on any atom is 0.282 e. The highest BCUT2D eigenvalue weighted by atomic mass is 16.5. The number of nitrogens with zero attached hydrogens (tertiary/aromatic N) is 2. The van der Waals surface area contributed by atoms with Gasteiger partial charge < -0.3 is 9.64 Å². The molecule has 0 N–H and O–H groups in total. The van der Waals surface area contributed by atoms with E-state index >= 15 is 0 Å². The average Bonchev–Trinajstić information content (AvgIpc) is 3.09. The van der Waals surface area contributed by atoms with Crippen LogP contribution in [0.3, 0.4) is 0 Å². The van der Waals surface area contributed by atoms with Gasteiger partial charge in [-0.15, -0.1) is 0 Å². The molecule has 32 heavy (non-hydrogen) atoms. The fraction of sp³-hybridized carbons (Fsp3) is 0.185. The van der Waals surface area contributed by atoms with Gasteiger partial charge in [0, 0.05) is 13.6 Å². The SMILES string of the molecule is CCCOc1ccccc1N1C(=O)C(c2ccccc2)=C(N(C)Cc2ccccc2)C1=O. The summed E-state index contributed by atoms with van der Waals surface area (Å²) in [5.41, 5.74) is 3.03. The molecule has 0 saturated heterocycles. The maximum atomic E-state index is 13.7. The van der Waals surface area contributed by atoms with Crippen molar-refractivity contribution in [2.45, 2.75) is 19.9 Å². The monoisotopic (exact) mass is 426 g/mol. The number of benzene rings is 3. The Balaban J connectivity index is 1.78. The topological polar surface area (TPSA) is 49.9 Å². The zero-order valence-electron chi connectivity index (χ0n) is 18.3. The first kappa shape index (κ1) is 21.4. The number of para-hydroxylation sites is 2. The molecule has 0 bridgehead atoms. The molecule has 0 unspecified atom stereocenters. The van der Waals surface area contributed by atoms with E-state index in [0.717, 1.165) is 17.5 Å². The van der Waals surface area contributed by atoms with Crippen LogP contribution in [0.25, 0.3) is 5.57 Å². The first-order chi connectivity index (χ1) is 15.6. The standard InChI is InChI=1S/C27H26N2O3/c1-3-18-32-23-17-11-10-16-22(23)29-26(30)24(21-14-8-5-9-15-21)25(27(29)31)28(2)19-20-12-6-4-7-13-20/h4-17H,3,18-19H2,1-2H3. The minimum absolute atomic E-state index is 0.344. The van der Waals surface area contributed by atoms with Crippen molar-refractivity contribution >= 4 is 23.1 Å². The number of ether oxygens (including phenoxy) is 1. The van der Waals surface area contributed by atoms with Crippen molar-refractivity contribution in [2.24, 2.45) is 0 Å². The van der Waals surface area contributed by atoms with E-state index in [-0.39, 0.29) is 11.8 Å². The van der Waals surface area contributed by atoms with Crippen LogP contribution in [0.4, 0.5) is 5.69 Å². The van der Waals surface area contributed by atoms with E-state index in [1.165, 1.54) is 4.90 Å². The van der Waals surface area contributed by atoms with Crippen molar-refractivity contribution in [1.82, 2.24) is 4.90 Å². The molecule has 0 fully saturated rings. The molecule has 0 atom stereocenters. The molecule has 4 rings (SSSR count). The second-order valence-corrected chi connectivity index (χ2v) is 7.69. The third kappa shape index (κ3) is 4.14. The van der Waals surface area contributed by atoms with Crippen LogP contribution >= 0.6 is 0 Å². The first-order valence-electron chi connectivity index (χ1n) is 10.8. The minimum Gasteiger partial charge on any atom is -0.491 e. The largest absolute Gasteiger partial charge is 0.491 e. The summed E-state index contributed by atoms with van der Waals surface area (Å²) in [5, 5.41) is 0. The number of imide groups is 1. The number of carbonyl (C=O) groups is 2. The van der Waals surface area contributed by atoms with Gasteiger partial charge in [0.2, 0.25) is 0 Å². The molecule has 0 radical (unpaired) electrons. The van der Waals surface area contributed by atoms with E-state index in [2.05, 4.69) is 0 Å². The molecule has 1 aliphatic heterocycles. The summed E-state index contributed by atoms with van der Waals surface area (Å²) in [7, 11) is 1.85. The van der Waals surface area contributed by atoms with Crippen LogP contribution in [0.15, 0.2) is 90.6 Å². The Morgan fingerprint density at radius 2 is 1.44 bits per heavy atom. The summed E-state index contributed by atoms with van der Waals surface area (Å²) in [6.07, 6.45) is 0.828. The Morgan fingerprint density at radius 1 is 0.812 bits per heavy atom. The van der Waals surface area contributed by atoms with Crippen molar-refractivity contribution in [2.75, 3.05) is 18.6 Å². The lowest BCUT2D eigenvalue weighted by Gasteiger charge is -2.22. The van der Waals surface area contributed by atoms with Crippen LogP contribution in [0, 0.1) is 0 Å². The molecule has 5 nitrogen and oxygen atoms in total. The zero-order valence-corrected chi connectivity index (χ0v) is 18.3. The van der Waals surface area contributed by atoms with Crippen molar-refractivity contribution in [3.05, 3.63) is 102 Å². The molecule has 2 amide bonds. The normalized spacial score (nSPS) is 13.6. The van der Waals surface area contributed by atoms with Gasteiger partial charge in [-0.25, -0.2) is 4.90 Å². The smallest absolute Gasteiger partial charge is 0.282 e. The van der Waals surface area contributed by atoms with Gasteiger partial charge in [0.15, 0.2) is 0 Å². The summed E-state index contributed by atoms with van der Waals surface area (Å²) < 4.78 is 5.85. The van der Waals surface area contributed by atoms with Crippen molar-refractivity contribution < 1.29 is 14.3 Å². The third-order valence-electron chi connectivity index (χ3n) is 5.33. The number of rotatable bonds is 8. The summed E-state index contributed by atoms with van der Waals surface area (Å²) in [5.74, 6) is -0.168. The fourth-order valence-electron chi connectivity index (χ4n) is 3.87. The molecule has 1 heterocycles. The summed E-state index contributed by atoms with van der Waals surface area (Å²) >= 11 is 0. The molecular formula is C27H26N2O3. The number of carbonyl (C=O) groups excluding carboxylic acids is 2. The molecule has 3 aromatic carbocycles. The molecule has 0 aliphatic carbocycles. The van der Waals surface area contributed by atoms with Crippen LogP contribution in [0.5, 0.6) is 5.75 Å². The Morgan fingerprint density at radius 3 is 2.12 bits per heavy atom. The summed E-state index contributed by atoms with van der Waals surface area (Å²) in [6.45, 7) is 3.03. The fourth-order valence-corrected chi connectivity index (χ4v) is 3.87. The summed E-state index contributed by atoms with van der Waals surface area (Å²) in [4.78, 5) is 30.5. The minimum atomic E-state index is -0.347. The van der Waals surface area contributed by atoms with Gasteiger partial charge in [-0.2, -0.15) is 0 Å². The quantitative estimate of drug-likeness (QED) is 0.481. The lowest BCUT2D eigenvalue weighted by molar-refractivity contribution is -0.120. The molecule has 0 aromatic heterocycles. The van der Waals surface area contributed by atoms with E-state index in [1.807, 2.05) is 91.7 Å². The van der Waals surface area contributed by atoms with Gasteiger partial charge >= 0.3 is 0 Å². The third-order valence-corrected chi connectivity index (χ3v) is 5.33. The maximum absolute atomic E-state index is 13.7. The van der Waals surface area contributed by atoms with Gasteiger partial charge in [-0.05, 0) is 29.7 Å². The number of likely N-dealkylation sites (N-methyl/N-ethyl adjacent to an activating group) is 1. The molecule has 0 saturated carbocycles. The van der Waals surface area contributed by atoms with Gasteiger partial charge in [-0.1, -0.05) is 79.7 Å². The van der Waals surface area contributed by atoms with Crippen LogP contribution in [-0.4, -0.2) is 30.4 Å².